The number of carbonyl (C=O) groups is 3. The van der Waals surface area contributed by atoms with E-state index in [1.54, 1.807) is 12.3 Å². The Bertz CT molecular complexity index is 1560. The van der Waals surface area contributed by atoms with Crippen molar-refractivity contribution in [1.29, 1.82) is 0 Å². The van der Waals surface area contributed by atoms with Gasteiger partial charge in [-0.2, -0.15) is 0 Å². The number of nitrogens with zero attached hydrogens (tertiary/aromatic N) is 1. The second-order valence-electron chi connectivity index (χ2n) is 12.3. The monoisotopic (exact) mass is 577 g/mol. The summed E-state index contributed by atoms with van der Waals surface area (Å²) >= 11 is 0. The zero-order valence-corrected chi connectivity index (χ0v) is 23.5. The SMILES string of the molecule is CC(C)c1coc(-c2ccc(O)c3c2CC2CC4C(NC5CCCCC5)C(=O)C(C(N)=O)=C(O)C4(O)C(=O)C2=C3O)n1. The Balaban J connectivity index is 1.49. The zero-order valence-electron chi connectivity index (χ0n) is 23.5. The lowest BCUT2D eigenvalue weighted by Gasteiger charge is -2.49. The first-order valence-electron chi connectivity index (χ1n) is 14.5. The van der Waals surface area contributed by atoms with Crippen molar-refractivity contribution in [2.45, 2.75) is 82.4 Å². The van der Waals surface area contributed by atoms with Crippen molar-refractivity contribution in [3.8, 4) is 17.2 Å². The average Bonchev–Trinajstić information content (AvgIpc) is 3.44. The number of aliphatic hydroxyl groups is 3. The summed E-state index contributed by atoms with van der Waals surface area (Å²) in [5.74, 6) is -6.40. The van der Waals surface area contributed by atoms with Crippen LogP contribution in [0.3, 0.4) is 0 Å². The number of phenols is 1. The Morgan fingerprint density at radius 1 is 1.14 bits per heavy atom. The van der Waals surface area contributed by atoms with Gasteiger partial charge in [0.15, 0.2) is 11.4 Å². The van der Waals surface area contributed by atoms with Gasteiger partial charge in [0.1, 0.15) is 29.1 Å². The van der Waals surface area contributed by atoms with Crippen LogP contribution in [0.2, 0.25) is 0 Å². The van der Waals surface area contributed by atoms with Crippen LogP contribution in [0.15, 0.2) is 39.7 Å². The predicted octanol–water partition coefficient (Wildman–Crippen LogP) is 3.10. The van der Waals surface area contributed by atoms with E-state index in [-0.39, 0.29) is 41.7 Å². The number of nitrogens with one attached hydrogen (secondary N) is 1. The van der Waals surface area contributed by atoms with Gasteiger partial charge in [0.25, 0.3) is 5.91 Å². The quantitative estimate of drug-likeness (QED) is 0.287. The topological polar surface area (TPSA) is 196 Å². The number of aromatic nitrogens is 1. The van der Waals surface area contributed by atoms with Gasteiger partial charge in [0.05, 0.1) is 17.3 Å². The molecule has 0 aliphatic heterocycles. The van der Waals surface area contributed by atoms with Gasteiger partial charge < -0.3 is 35.9 Å². The van der Waals surface area contributed by atoms with Crippen molar-refractivity contribution in [2.24, 2.45) is 17.6 Å². The van der Waals surface area contributed by atoms with Gasteiger partial charge in [-0.25, -0.2) is 4.98 Å². The summed E-state index contributed by atoms with van der Waals surface area (Å²) in [6.45, 7) is 3.95. The molecule has 4 aliphatic rings. The van der Waals surface area contributed by atoms with Crippen LogP contribution in [0.25, 0.3) is 17.2 Å². The largest absolute Gasteiger partial charge is 0.508 e. The number of hydrogen-bond acceptors (Lipinski definition) is 10. The molecule has 2 saturated carbocycles. The van der Waals surface area contributed by atoms with Crippen molar-refractivity contribution >= 4 is 23.2 Å². The molecule has 1 amide bonds. The van der Waals surface area contributed by atoms with E-state index in [1.165, 1.54) is 6.07 Å². The number of nitrogens with two attached hydrogens (primary N) is 1. The number of ketones is 2. The molecular formula is C31H35N3O8. The van der Waals surface area contributed by atoms with E-state index in [0.717, 1.165) is 37.8 Å². The highest BCUT2D eigenvalue weighted by Gasteiger charge is 2.64. The van der Waals surface area contributed by atoms with E-state index in [4.69, 9.17) is 10.2 Å². The molecule has 11 heteroatoms. The smallest absolute Gasteiger partial charge is 0.255 e. The van der Waals surface area contributed by atoms with E-state index in [0.29, 0.717) is 17.0 Å². The Morgan fingerprint density at radius 2 is 1.86 bits per heavy atom. The summed E-state index contributed by atoms with van der Waals surface area (Å²) < 4.78 is 5.74. The molecule has 0 saturated heterocycles. The zero-order chi connectivity index (χ0) is 30.1. The van der Waals surface area contributed by atoms with E-state index in [1.807, 2.05) is 13.8 Å². The normalized spacial score (nSPS) is 28.1. The molecule has 0 bridgehead atoms. The average molecular weight is 578 g/mol. The molecule has 6 rings (SSSR count). The van der Waals surface area contributed by atoms with Gasteiger partial charge in [-0.05, 0) is 55.2 Å². The first-order chi connectivity index (χ1) is 19.9. The van der Waals surface area contributed by atoms with E-state index < -0.39 is 58.0 Å². The number of primary amides is 1. The molecule has 4 atom stereocenters. The minimum atomic E-state index is -2.68. The van der Waals surface area contributed by atoms with Crippen LogP contribution < -0.4 is 11.1 Å². The maximum absolute atomic E-state index is 14.1. The molecular weight excluding hydrogens is 542 g/mol. The number of carbonyl (C=O) groups excluding carboxylic acids is 3. The fraction of sp³-hybridized carbons (Fsp3) is 0.484. The maximum Gasteiger partial charge on any atom is 0.255 e. The third-order valence-electron chi connectivity index (χ3n) is 9.45. The molecule has 1 aromatic carbocycles. The molecule has 2 aromatic rings. The molecule has 222 valence electrons. The number of phenolic OH excluding ortho intramolecular Hbond substituents is 1. The Kier molecular flexibility index (Phi) is 6.77. The molecule has 2 fully saturated rings. The summed E-state index contributed by atoms with van der Waals surface area (Å²) in [5.41, 5.74) is 3.55. The lowest BCUT2D eigenvalue weighted by atomic mass is 9.57. The van der Waals surface area contributed by atoms with Gasteiger partial charge in [-0.1, -0.05) is 33.1 Å². The third-order valence-corrected chi connectivity index (χ3v) is 9.45. The molecule has 1 aromatic heterocycles. The van der Waals surface area contributed by atoms with Crippen molar-refractivity contribution in [2.75, 3.05) is 0 Å². The minimum Gasteiger partial charge on any atom is -0.508 e. The van der Waals surface area contributed by atoms with Crippen molar-refractivity contribution in [3.05, 3.63) is 52.1 Å². The molecule has 4 aliphatic carbocycles. The van der Waals surface area contributed by atoms with Crippen molar-refractivity contribution in [3.63, 3.8) is 0 Å². The second kappa shape index (κ2) is 10.1. The first-order valence-corrected chi connectivity index (χ1v) is 14.5. The lowest BCUT2D eigenvalue weighted by molar-refractivity contribution is -0.150. The number of hydrogen-bond donors (Lipinski definition) is 6. The van der Waals surface area contributed by atoms with E-state index in [9.17, 15) is 34.8 Å². The minimum absolute atomic E-state index is 0.000748. The fourth-order valence-electron chi connectivity index (χ4n) is 7.27. The standard InChI is InChI=1S/C31H35N3O8/c1-13(2)19-12-42-30(34-19)16-8-9-20(35)22-17(16)10-14-11-18-24(33-15-6-4-3-5-7-15)26(37)23(29(32)40)28(39)31(18,41)27(38)21(14)25(22)36/h8-9,12-15,18,24,33,35-36,39,41H,3-7,10-11H2,1-2H3,(H2,32,40). The molecule has 0 radical (unpaired) electrons. The number of fused-ring (bicyclic) bond motifs is 3. The molecule has 4 unspecified atom stereocenters. The maximum atomic E-state index is 14.1. The highest BCUT2D eigenvalue weighted by molar-refractivity contribution is 6.24. The number of amides is 1. The lowest BCUT2D eigenvalue weighted by Crippen LogP contribution is -2.67. The predicted molar refractivity (Wildman–Crippen MR) is 150 cm³/mol. The molecule has 0 spiro atoms. The Hall–Kier alpha value is -3.96. The third kappa shape index (κ3) is 4.09. The van der Waals surface area contributed by atoms with Crippen molar-refractivity contribution < 1.29 is 39.2 Å². The molecule has 42 heavy (non-hydrogen) atoms. The summed E-state index contributed by atoms with van der Waals surface area (Å²) in [7, 11) is 0. The fourth-order valence-corrected chi connectivity index (χ4v) is 7.27. The van der Waals surface area contributed by atoms with Crippen LogP contribution in [-0.4, -0.2) is 60.6 Å². The van der Waals surface area contributed by atoms with Crippen LogP contribution in [0.1, 0.15) is 75.1 Å². The first kappa shape index (κ1) is 28.2. The Morgan fingerprint density at radius 3 is 2.50 bits per heavy atom. The van der Waals surface area contributed by atoms with Crippen LogP contribution in [0.4, 0.5) is 0 Å². The number of Topliss-reactive ketones (excluding diaryl/α,β-unsaturated/α-hetero) is 2. The number of aromatic hydroxyl groups is 1. The molecule has 1 heterocycles. The summed E-state index contributed by atoms with van der Waals surface area (Å²) in [6, 6.07) is 1.76. The van der Waals surface area contributed by atoms with E-state index >= 15 is 0 Å². The van der Waals surface area contributed by atoms with Crippen LogP contribution in [0.5, 0.6) is 5.75 Å². The second-order valence-corrected chi connectivity index (χ2v) is 12.3. The van der Waals surface area contributed by atoms with Gasteiger partial charge in [-0.3, -0.25) is 14.4 Å². The van der Waals surface area contributed by atoms with Crippen LogP contribution >= 0.6 is 0 Å². The highest BCUT2D eigenvalue weighted by atomic mass is 16.4. The molecule has 7 N–H and O–H groups in total. The highest BCUT2D eigenvalue weighted by Crippen LogP contribution is 2.53. The molecule has 11 nitrogen and oxygen atoms in total. The van der Waals surface area contributed by atoms with Gasteiger partial charge in [0.2, 0.25) is 11.7 Å². The van der Waals surface area contributed by atoms with E-state index in [2.05, 4.69) is 10.3 Å². The summed E-state index contributed by atoms with van der Waals surface area (Å²) in [6.07, 6.45) is 6.24. The summed E-state index contributed by atoms with van der Waals surface area (Å²) in [4.78, 5) is 44.6. The van der Waals surface area contributed by atoms with Crippen molar-refractivity contribution in [1.82, 2.24) is 10.3 Å². The van der Waals surface area contributed by atoms with Crippen LogP contribution in [0, 0.1) is 11.8 Å². The van der Waals surface area contributed by atoms with Crippen LogP contribution in [-0.2, 0) is 20.8 Å². The number of aliphatic hydroxyl groups excluding tert-OH is 2. The van der Waals surface area contributed by atoms with Gasteiger partial charge >= 0.3 is 0 Å². The van der Waals surface area contributed by atoms with Gasteiger partial charge in [-0.15, -0.1) is 0 Å². The number of oxazole rings is 1. The summed E-state index contributed by atoms with van der Waals surface area (Å²) in [5, 5.41) is 48.6. The Labute approximate surface area is 242 Å². The van der Waals surface area contributed by atoms with Gasteiger partial charge in [0, 0.05) is 23.1 Å². The number of benzene rings is 1. The number of rotatable bonds is 5.